The molecule has 0 aliphatic carbocycles. The summed E-state index contributed by atoms with van der Waals surface area (Å²) < 4.78 is 13.0. The quantitative estimate of drug-likeness (QED) is 0.614. The van der Waals surface area contributed by atoms with Crippen molar-refractivity contribution in [2.24, 2.45) is 4.99 Å². The van der Waals surface area contributed by atoms with Gasteiger partial charge in [0.1, 0.15) is 11.5 Å². The average molecular weight is 436 g/mol. The predicted octanol–water partition coefficient (Wildman–Crippen LogP) is 2.24. The molecule has 3 heterocycles. The van der Waals surface area contributed by atoms with Crippen LogP contribution >= 0.6 is 11.3 Å². The Labute approximate surface area is 182 Å². The largest absolute Gasteiger partial charge is 0.497 e. The Kier molecular flexibility index (Phi) is 5.56. The van der Waals surface area contributed by atoms with Gasteiger partial charge in [-0.2, -0.15) is 0 Å². The van der Waals surface area contributed by atoms with Crippen molar-refractivity contribution in [3.05, 3.63) is 84.8 Å². The molecule has 31 heavy (non-hydrogen) atoms. The lowest BCUT2D eigenvalue weighted by atomic mass is 9.92. The summed E-state index contributed by atoms with van der Waals surface area (Å²) >= 11 is 1.28. The van der Waals surface area contributed by atoms with Gasteiger partial charge in [-0.25, -0.2) is 4.99 Å². The van der Waals surface area contributed by atoms with Crippen LogP contribution in [0.25, 0.3) is 6.08 Å². The molecule has 0 radical (unpaired) electrons. The standard InChI is InChI=1S/C23H21N3O4S/c1-13-20(14(2)27)21(17-8-7-16(29-3)11-18(17)30-4)26-22(28)19(31-23(26)25-13)10-15-6-5-9-24-12-15/h5-12,21H,1-4H3. The highest BCUT2D eigenvalue weighted by Gasteiger charge is 2.32. The number of methoxy groups -OCH3 is 2. The van der Waals surface area contributed by atoms with Gasteiger partial charge in [0.05, 0.1) is 24.8 Å². The molecule has 0 saturated carbocycles. The number of thiazole rings is 1. The highest BCUT2D eigenvalue weighted by atomic mass is 32.1. The van der Waals surface area contributed by atoms with Gasteiger partial charge in [-0.05, 0) is 43.7 Å². The second-order valence-electron chi connectivity index (χ2n) is 7.03. The van der Waals surface area contributed by atoms with Crippen LogP contribution in [0.5, 0.6) is 11.5 Å². The smallest absolute Gasteiger partial charge is 0.271 e. The van der Waals surface area contributed by atoms with Crippen LogP contribution in [0, 0.1) is 0 Å². The van der Waals surface area contributed by atoms with Crippen molar-refractivity contribution in [1.29, 1.82) is 0 Å². The van der Waals surface area contributed by atoms with E-state index in [0.29, 0.717) is 37.7 Å². The van der Waals surface area contributed by atoms with Gasteiger partial charge in [-0.3, -0.25) is 19.1 Å². The van der Waals surface area contributed by atoms with Crippen LogP contribution in [-0.4, -0.2) is 29.6 Å². The van der Waals surface area contributed by atoms with Crippen molar-refractivity contribution < 1.29 is 14.3 Å². The molecular formula is C23H21N3O4S. The summed E-state index contributed by atoms with van der Waals surface area (Å²) in [6.45, 7) is 3.28. The van der Waals surface area contributed by atoms with E-state index in [4.69, 9.17) is 9.47 Å². The second-order valence-corrected chi connectivity index (χ2v) is 8.04. The summed E-state index contributed by atoms with van der Waals surface area (Å²) in [5.74, 6) is 1.000. The van der Waals surface area contributed by atoms with E-state index >= 15 is 0 Å². The summed E-state index contributed by atoms with van der Waals surface area (Å²) in [5.41, 5.74) is 2.33. The number of fused-ring (bicyclic) bond motifs is 1. The summed E-state index contributed by atoms with van der Waals surface area (Å²) in [7, 11) is 3.12. The van der Waals surface area contributed by atoms with Crippen LogP contribution in [-0.2, 0) is 4.79 Å². The van der Waals surface area contributed by atoms with E-state index in [1.165, 1.54) is 18.3 Å². The maximum Gasteiger partial charge on any atom is 0.271 e. The highest BCUT2D eigenvalue weighted by molar-refractivity contribution is 7.07. The van der Waals surface area contributed by atoms with E-state index in [9.17, 15) is 9.59 Å². The number of Topliss-reactive ketones (excluding diaryl/α,β-unsaturated/α-hetero) is 1. The number of aromatic nitrogens is 2. The minimum Gasteiger partial charge on any atom is -0.497 e. The molecule has 0 saturated heterocycles. The molecule has 0 bridgehead atoms. The van der Waals surface area contributed by atoms with Crippen molar-refractivity contribution in [2.75, 3.05) is 14.2 Å². The molecule has 1 aliphatic heterocycles. The molecule has 1 aromatic carbocycles. The van der Waals surface area contributed by atoms with Crippen LogP contribution in [0.2, 0.25) is 0 Å². The minimum atomic E-state index is -0.648. The molecule has 1 aliphatic rings. The highest BCUT2D eigenvalue weighted by Crippen LogP contribution is 2.37. The Balaban J connectivity index is 2.01. The van der Waals surface area contributed by atoms with Crippen molar-refractivity contribution in [1.82, 2.24) is 9.55 Å². The summed E-state index contributed by atoms with van der Waals surface area (Å²) in [6.07, 6.45) is 5.15. The molecule has 0 N–H and O–H groups in total. The Hall–Kier alpha value is -3.52. The van der Waals surface area contributed by atoms with Gasteiger partial charge in [0.25, 0.3) is 5.56 Å². The van der Waals surface area contributed by atoms with Crippen molar-refractivity contribution in [2.45, 2.75) is 19.9 Å². The first kappa shape index (κ1) is 20.7. The van der Waals surface area contributed by atoms with Gasteiger partial charge in [0.15, 0.2) is 10.6 Å². The van der Waals surface area contributed by atoms with Crippen LogP contribution < -0.4 is 24.4 Å². The van der Waals surface area contributed by atoms with Gasteiger partial charge in [0, 0.05) is 35.3 Å². The van der Waals surface area contributed by atoms with Crippen molar-refractivity contribution >= 4 is 23.2 Å². The first-order valence-electron chi connectivity index (χ1n) is 9.60. The summed E-state index contributed by atoms with van der Waals surface area (Å²) in [4.78, 5) is 35.3. The Morgan fingerprint density at radius 1 is 1.23 bits per heavy atom. The van der Waals surface area contributed by atoms with E-state index in [1.807, 2.05) is 18.2 Å². The predicted molar refractivity (Wildman–Crippen MR) is 118 cm³/mol. The number of hydrogen-bond donors (Lipinski definition) is 0. The number of pyridine rings is 1. The van der Waals surface area contributed by atoms with Gasteiger partial charge in [0.2, 0.25) is 0 Å². The SMILES string of the molecule is COc1ccc(C2C(C(C)=O)=C(C)N=c3sc(=Cc4cccnc4)c(=O)n32)c(OC)c1. The lowest BCUT2D eigenvalue weighted by Gasteiger charge is -2.26. The van der Waals surface area contributed by atoms with E-state index in [1.54, 1.807) is 56.3 Å². The van der Waals surface area contributed by atoms with Gasteiger partial charge < -0.3 is 9.47 Å². The van der Waals surface area contributed by atoms with E-state index < -0.39 is 6.04 Å². The summed E-state index contributed by atoms with van der Waals surface area (Å²) in [6, 6.07) is 8.39. The Morgan fingerprint density at radius 2 is 2.03 bits per heavy atom. The molecule has 7 nitrogen and oxygen atoms in total. The zero-order chi connectivity index (χ0) is 22.1. The van der Waals surface area contributed by atoms with Crippen LogP contribution in [0.1, 0.15) is 31.0 Å². The number of carbonyl (C=O) groups is 1. The Morgan fingerprint density at radius 3 is 2.68 bits per heavy atom. The number of ketones is 1. The number of carbonyl (C=O) groups excluding carboxylic acids is 1. The monoisotopic (exact) mass is 435 g/mol. The zero-order valence-electron chi connectivity index (χ0n) is 17.6. The van der Waals surface area contributed by atoms with Gasteiger partial charge in [-0.15, -0.1) is 0 Å². The number of hydrogen-bond acceptors (Lipinski definition) is 7. The lowest BCUT2D eigenvalue weighted by Crippen LogP contribution is -2.39. The average Bonchev–Trinajstić information content (AvgIpc) is 3.07. The third-order valence-corrected chi connectivity index (χ3v) is 6.10. The van der Waals surface area contributed by atoms with Crippen molar-refractivity contribution in [3.8, 4) is 11.5 Å². The molecule has 0 fully saturated rings. The number of rotatable bonds is 5. The first-order chi connectivity index (χ1) is 14.9. The fourth-order valence-electron chi connectivity index (χ4n) is 3.72. The third-order valence-electron chi connectivity index (χ3n) is 5.12. The molecule has 3 aromatic rings. The lowest BCUT2D eigenvalue weighted by molar-refractivity contribution is -0.114. The van der Waals surface area contributed by atoms with Gasteiger partial charge >= 0.3 is 0 Å². The molecule has 1 unspecified atom stereocenters. The van der Waals surface area contributed by atoms with Crippen LogP contribution in [0.3, 0.4) is 0 Å². The molecule has 158 valence electrons. The Bertz CT molecular complexity index is 1370. The molecular weight excluding hydrogens is 414 g/mol. The van der Waals surface area contributed by atoms with E-state index in [0.717, 1.165) is 5.56 Å². The fraction of sp³-hybridized carbons (Fsp3) is 0.217. The minimum absolute atomic E-state index is 0.148. The van der Waals surface area contributed by atoms with Crippen LogP contribution in [0.15, 0.2) is 63.8 Å². The molecule has 1 atom stereocenters. The second kappa shape index (κ2) is 8.31. The van der Waals surface area contributed by atoms with Gasteiger partial charge in [-0.1, -0.05) is 17.4 Å². The number of nitrogens with zero attached hydrogens (tertiary/aromatic N) is 3. The summed E-state index contributed by atoms with van der Waals surface area (Å²) in [5, 5.41) is 0. The number of allylic oxidation sites excluding steroid dienone is 2. The van der Waals surface area contributed by atoms with Crippen LogP contribution in [0.4, 0.5) is 0 Å². The molecule has 0 amide bonds. The molecule has 4 rings (SSSR count). The molecule has 2 aromatic heterocycles. The normalized spacial score (nSPS) is 16.0. The fourth-order valence-corrected chi connectivity index (χ4v) is 4.77. The van der Waals surface area contributed by atoms with E-state index in [2.05, 4.69) is 9.98 Å². The maximum absolute atomic E-state index is 13.5. The third kappa shape index (κ3) is 3.70. The molecule has 8 heteroatoms. The van der Waals surface area contributed by atoms with E-state index in [-0.39, 0.29) is 11.3 Å². The zero-order valence-corrected chi connectivity index (χ0v) is 18.4. The number of benzene rings is 1. The first-order valence-corrected chi connectivity index (χ1v) is 10.4. The van der Waals surface area contributed by atoms with Crippen molar-refractivity contribution in [3.63, 3.8) is 0 Å². The maximum atomic E-state index is 13.5. The number of ether oxygens (including phenoxy) is 2. The molecule has 0 spiro atoms. The topological polar surface area (TPSA) is 82.8 Å².